The van der Waals surface area contributed by atoms with Gasteiger partial charge in [0, 0.05) is 11.3 Å². The first kappa shape index (κ1) is 13.8. The van der Waals surface area contributed by atoms with Gasteiger partial charge in [-0.2, -0.15) is 0 Å². The SMILES string of the molecule is Cc1nc(CC2(O)CCCCc3ccccc32)sc1C. The highest BCUT2D eigenvalue weighted by atomic mass is 32.1. The van der Waals surface area contributed by atoms with E-state index in [-0.39, 0.29) is 0 Å². The molecule has 1 aromatic carbocycles. The number of rotatable bonds is 2. The fraction of sp³-hybridized carbons (Fsp3) is 0.471. The first-order chi connectivity index (χ1) is 9.58. The minimum atomic E-state index is -0.746. The number of hydrogen-bond donors (Lipinski definition) is 1. The molecular formula is C17H21NOS. The Kier molecular flexibility index (Phi) is 3.65. The summed E-state index contributed by atoms with van der Waals surface area (Å²) in [5.41, 5.74) is 2.76. The van der Waals surface area contributed by atoms with Crippen molar-refractivity contribution in [3.8, 4) is 0 Å². The van der Waals surface area contributed by atoms with Gasteiger partial charge in [-0.1, -0.05) is 24.3 Å². The van der Waals surface area contributed by atoms with Crippen molar-refractivity contribution in [3.63, 3.8) is 0 Å². The van der Waals surface area contributed by atoms with Crippen LogP contribution in [0.1, 0.15) is 46.0 Å². The molecule has 1 unspecified atom stereocenters. The zero-order valence-corrected chi connectivity index (χ0v) is 13.0. The second-order valence-electron chi connectivity index (χ2n) is 5.82. The lowest BCUT2D eigenvalue weighted by atomic mass is 9.85. The van der Waals surface area contributed by atoms with Crippen molar-refractivity contribution in [2.45, 2.75) is 51.6 Å². The summed E-state index contributed by atoms with van der Waals surface area (Å²) in [4.78, 5) is 5.87. The van der Waals surface area contributed by atoms with Gasteiger partial charge in [0.2, 0.25) is 0 Å². The summed E-state index contributed by atoms with van der Waals surface area (Å²) in [6.07, 6.45) is 4.79. The van der Waals surface area contributed by atoms with E-state index < -0.39 is 5.60 Å². The van der Waals surface area contributed by atoms with E-state index in [1.807, 2.05) is 13.0 Å². The van der Waals surface area contributed by atoms with E-state index in [1.165, 1.54) is 10.4 Å². The molecule has 2 nitrogen and oxygen atoms in total. The van der Waals surface area contributed by atoms with Crippen molar-refractivity contribution in [1.29, 1.82) is 0 Å². The Morgan fingerprint density at radius 3 is 2.80 bits per heavy atom. The third kappa shape index (κ3) is 2.52. The van der Waals surface area contributed by atoms with E-state index in [0.29, 0.717) is 6.42 Å². The van der Waals surface area contributed by atoms with E-state index in [1.54, 1.807) is 11.3 Å². The van der Waals surface area contributed by atoms with Crippen LogP contribution in [0, 0.1) is 13.8 Å². The molecule has 1 N–H and O–H groups in total. The molecule has 3 heteroatoms. The fourth-order valence-corrected chi connectivity index (χ4v) is 4.15. The first-order valence-corrected chi connectivity index (χ1v) is 8.14. The molecule has 0 amide bonds. The molecule has 3 rings (SSSR count). The average Bonchev–Trinajstić information content (AvgIpc) is 2.64. The summed E-state index contributed by atoms with van der Waals surface area (Å²) in [5, 5.41) is 12.3. The van der Waals surface area contributed by atoms with Crippen LogP contribution in [0.2, 0.25) is 0 Å². The number of thiazole rings is 1. The maximum absolute atomic E-state index is 11.2. The minimum absolute atomic E-state index is 0.642. The molecule has 20 heavy (non-hydrogen) atoms. The second-order valence-corrected chi connectivity index (χ2v) is 7.11. The van der Waals surface area contributed by atoms with Crippen LogP contribution in [-0.4, -0.2) is 10.1 Å². The Balaban J connectivity index is 1.97. The van der Waals surface area contributed by atoms with Gasteiger partial charge >= 0.3 is 0 Å². The van der Waals surface area contributed by atoms with Gasteiger partial charge in [-0.05, 0) is 50.7 Å². The van der Waals surface area contributed by atoms with Crippen LogP contribution in [0.15, 0.2) is 24.3 Å². The van der Waals surface area contributed by atoms with Gasteiger partial charge < -0.3 is 5.11 Å². The molecule has 0 spiro atoms. The number of aliphatic hydroxyl groups is 1. The van der Waals surface area contributed by atoms with Crippen LogP contribution in [0.3, 0.4) is 0 Å². The van der Waals surface area contributed by atoms with Crippen molar-refractivity contribution < 1.29 is 5.11 Å². The maximum atomic E-state index is 11.2. The molecule has 1 aliphatic rings. The number of nitrogens with zero attached hydrogens (tertiary/aromatic N) is 1. The highest BCUT2D eigenvalue weighted by Crippen LogP contribution is 2.37. The van der Waals surface area contributed by atoms with Crippen molar-refractivity contribution in [2.24, 2.45) is 0 Å². The standard InChI is InChI=1S/C17H21NOS/c1-12-13(2)20-16(18-12)11-17(19)10-6-5-8-14-7-3-4-9-15(14)17/h3-4,7,9,19H,5-6,8,10-11H2,1-2H3. The summed E-state index contributed by atoms with van der Waals surface area (Å²) in [6, 6.07) is 8.35. The van der Waals surface area contributed by atoms with Crippen LogP contribution in [-0.2, 0) is 18.4 Å². The van der Waals surface area contributed by atoms with Gasteiger partial charge in [-0.25, -0.2) is 4.98 Å². The van der Waals surface area contributed by atoms with Gasteiger partial charge in [-0.3, -0.25) is 0 Å². The molecule has 0 saturated carbocycles. The van der Waals surface area contributed by atoms with Crippen molar-refractivity contribution >= 4 is 11.3 Å². The van der Waals surface area contributed by atoms with Crippen LogP contribution in [0.4, 0.5) is 0 Å². The zero-order chi connectivity index (χ0) is 14.2. The number of aromatic nitrogens is 1. The topological polar surface area (TPSA) is 33.1 Å². The summed E-state index contributed by atoms with van der Waals surface area (Å²) in [7, 11) is 0. The molecular weight excluding hydrogens is 266 g/mol. The van der Waals surface area contributed by atoms with E-state index >= 15 is 0 Å². The van der Waals surface area contributed by atoms with Crippen molar-refractivity contribution in [1.82, 2.24) is 4.98 Å². The lowest BCUT2D eigenvalue weighted by Crippen LogP contribution is -2.28. The van der Waals surface area contributed by atoms with Crippen LogP contribution < -0.4 is 0 Å². The molecule has 1 aliphatic carbocycles. The lowest BCUT2D eigenvalue weighted by Gasteiger charge is -2.28. The van der Waals surface area contributed by atoms with Crippen LogP contribution in [0.25, 0.3) is 0 Å². The second kappa shape index (κ2) is 5.30. The summed E-state index contributed by atoms with van der Waals surface area (Å²) in [6.45, 7) is 4.14. The van der Waals surface area contributed by atoms with E-state index in [4.69, 9.17) is 0 Å². The van der Waals surface area contributed by atoms with E-state index in [9.17, 15) is 5.11 Å². The molecule has 0 radical (unpaired) electrons. The third-order valence-corrected chi connectivity index (χ3v) is 5.39. The smallest absolute Gasteiger partial charge is 0.0963 e. The average molecular weight is 287 g/mol. The summed E-state index contributed by atoms with van der Waals surface area (Å²) >= 11 is 1.72. The third-order valence-electron chi connectivity index (χ3n) is 4.32. The zero-order valence-electron chi connectivity index (χ0n) is 12.1. The van der Waals surface area contributed by atoms with E-state index in [0.717, 1.165) is 41.9 Å². The molecule has 0 bridgehead atoms. The molecule has 0 saturated heterocycles. The predicted octanol–water partition coefficient (Wildman–Crippen LogP) is 3.92. The predicted molar refractivity (Wildman–Crippen MR) is 83.2 cm³/mol. The lowest BCUT2D eigenvalue weighted by molar-refractivity contribution is 0.0271. The molecule has 106 valence electrons. The monoisotopic (exact) mass is 287 g/mol. The molecule has 0 fully saturated rings. The largest absolute Gasteiger partial charge is 0.385 e. The summed E-state index contributed by atoms with van der Waals surface area (Å²) < 4.78 is 0. The quantitative estimate of drug-likeness (QED) is 0.849. The summed E-state index contributed by atoms with van der Waals surface area (Å²) in [5.74, 6) is 0. The molecule has 2 aromatic rings. The molecule has 0 aliphatic heterocycles. The fourth-order valence-electron chi connectivity index (χ4n) is 3.11. The first-order valence-electron chi connectivity index (χ1n) is 7.32. The number of benzene rings is 1. The number of fused-ring (bicyclic) bond motifs is 1. The van der Waals surface area contributed by atoms with Gasteiger partial charge in [0.15, 0.2) is 0 Å². The Hall–Kier alpha value is -1.19. The number of aryl methyl sites for hydroxylation is 3. The van der Waals surface area contributed by atoms with Crippen molar-refractivity contribution in [3.05, 3.63) is 51.0 Å². The van der Waals surface area contributed by atoms with E-state index in [2.05, 4.69) is 30.1 Å². The van der Waals surface area contributed by atoms with Crippen LogP contribution in [0.5, 0.6) is 0 Å². The Bertz CT molecular complexity index is 600. The normalized spacial score (nSPS) is 22.4. The maximum Gasteiger partial charge on any atom is 0.0963 e. The van der Waals surface area contributed by atoms with Crippen molar-refractivity contribution in [2.75, 3.05) is 0 Å². The minimum Gasteiger partial charge on any atom is -0.385 e. The highest BCUT2D eigenvalue weighted by molar-refractivity contribution is 7.11. The molecule has 1 atom stereocenters. The van der Waals surface area contributed by atoms with Gasteiger partial charge in [0.1, 0.15) is 0 Å². The van der Waals surface area contributed by atoms with Gasteiger partial charge in [0.05, 0.1) is 16.3 Å². The van der Waals surface area contributed by atoms with Crippen LogP contribution >= 0.6 is 11.3 Å². The highest BCUT2D eigenvalue weighted by Gasteiger charge is 2.34. The Labute approximate surface area is 124 Å². The molecule has 1 heterocycles. The Morgan fingerprint density at radius 2 is 2.05 bits per heavy atom. The molecule has 1 aromatic heterocycles. The number of hydrogen-bond acceptors (Lipinski definition) is 3. The van der Waals surface area contributed by atoms with Gasteiger partial charge in [-0.15, -0.1) is 11.3 Å². The van der Waals surface area contributed by atoms with Gasteiger partial charge in [0.25, 0.3) is 0 Å². The Morgan fingerprint density at radius 1 is 1.25 bits per heavy atom.